The fraction of sp³-hybridized carbons (Fsp3) is 0.429. The fourth-order valence-electron chi connectivity index (χ4n) is 3.46. The Balaban J connectivity index is 1.61. The van der Waals surface area contributed by atoms with Crippen LogP contribution in [0.4, 0.5) is 0 Å². The minimum Gasteiger partial charge on any atom is -0.478 e. The van der Waals surface area contributed by atoms with Crippen molar-refractivity contribution < 1.29 is 9.53 Å². The zero-order valence-corrected chi connectivity index (χ0v) is 15.6. The van der Waals surface area contributed by atoms with Gasteiger partial charge in [0.15, 0.2) is 5.60 Å². The highest BCUT2D eigenvalue weighted by Crippen LogP contribution is 2.29. The van der Waals surface area contributed by atoms with Gasteiger partial charge in [0.05, 0.1) is 0 Å². The topological polar surface area (TPSA) is 62.4 Å². The van der Waals surface area contributed by atoms with Crippen LogP contribution in [-0.4, -0.2) is 34.5 Å². The van der Waals surface area contributed by atoms with Crippen LogP contribution in [0.5, 0.6) is 5.75 Å². The molecule has 0 radical (unpaired) electrons. The van der Waals surface area contributed by atoms with Crippen molar-refractivity contribution in [2.75, 3.05) is 13.1 Å². The molecule has 0 bridgehead atoms. The van der Waals surface area contributed by atoms with Crippen molar-refractivity contribution >= 4 is 5.91 Å². The summed E-state index contributed by atoms with van der Waals surface area (Å²) < 4.78 is 5.96. The molecule has 0 spiro atoms. The van der Waals surface area contributed by atoms with E-state index in [-0.39, 0.29) is 11.5 Å². The van der Waals surface area contributed by atoms with Crippen molar-refractivity contribution in [1.82, 2.24) is 9.88 Å². The standard InChI is InChI=1S/C21H26N2O3/c1-15-4-6-18(7-5-15)26-21(2,3)20(25)23-12-9-16(10-13-23)17-8-11-22-19(24)14-17/h4-8,11,14,16H,9-10,12-13H2,1-3H3,(H,22,24). The van der Waals surface area contributed by atoms with E-state index in [4.69, 9.17) is 4.74 Å². The molecular weight excluding hydrogens is 328 g/mol. The molecule has 1 aliphatic heterocycles. The molecule has 2 aromatic rings. The lowest BCUT2D eigenvalue weighted by Gasteiger charge is -2.37. The van der Waals surface area contributed by atoms with Crippen molar-refractivity contribution in [1.29, 1.82) is 0 Å². The first-order chi connectivity index (χ1) is 12.3. The predicted octanol–water partition coefficient (Wildman–Crippen LogP) is 3.25. The number of rotatable bonds is 4. The van der Waals surface area contributed by atoms with Gasteiger partial charge in [-0.05, 0) is 63.3 Å². The number of nitrogens with zero attached hydrogens (tertiary/aromatic N) is 1. The van der Waals surface area contributed by atoms with Gasteiger partial charge in [-0.25, -0.2) is 0 Å². The highest BCUT2D eigenvalue weighted by molar-refractivity contribution is 5.85. The molecule has 1 aromatic heterocycles. The summed E-state index contributed by atoms with van der Waals surface area (Å²) in [6.07, 6.45) is 3.40. The zero-order valence-electron chi connectivity index (χ0n) is 15.6. The number of aromatic nitrogens is 1. The molecule has 1 aliphatic rings. The van der Waals surface area contributed by atoms with Gasteiger partial charge in [0.1, 0.15) is 5.75 Å². The molecule has 1 saturated heterocycles. The van der Waals surface area contributed by atoms with Crippen molar-refractivity contribution in [2.24, 2.45) is 0 Å². The first-order valence-electron chi connectivity index (χ1n) is 9.09. The Morgan fingerprint density at radius 3 is 2.42 bits per heavy atom. The first kappa shape index (κ1) is 18.2. The van der Waals surface area contributed by atoms with Gasteiger partial charge in [0.2, 0.25) is 5.56 Å². The predicted molar refractivity (Wildman–Crippen MR) is 102 cm³/mol. The Bertz CT molecular complexity index is 816. The second kappa shape index (κ2) is 7.36. The van der Waals surface area contributed by atoms with Gasteiger partial charge in [-0.3, -0.25) is 9.59 Å². The Morgan fingerprint density at radius 2 is 1.81 bits per heavy atom. The Morgan fingerprint density at radius 1 is 1.15 bits per heavy atom. The monoisotopic (exact) mass is 354 g/mol. The summed E-state index contributed by atoms with van der Waals surface area (Å²) in [6, 6.07) is 11.3. The molecule has 0 unspecified atom stereocenters. The number of benzene rings is 1. The number of aromatic amines is 1. The summed E-state index contributed by atoms with van der Waals surface area (Å²) in [4.78, 5) is 28.9. The van der Waals surface area contributed by atoms with Crippen LogP contribution < -0.4 is 10.3 Å². The number of ether oxygens (including phenoxy) is 1. The maximum absolute atomic E-state index is 12.9. The van der Waals surface area contributed by atoms with Crippen LogP contribution in [0.25, 0.3) is 0 Å². The second-order valence-electron chi connectivity index (χ2n) is 7.48. The van der Waals surface area contributed by atoms with Gasteiger partial charge in [0.25, 0.3) is 5.91 Å². The number of likely N-dealkylation sites (tertiary alicyclic amines) is 1. The second-order valence-corrected chi connectivity index (χ2v) is 7.48. The number of carbonyl (C=O) groups is 1. The van der Waals surface area contributed by atoms with Crippen LogP contribution in [0.15, 0.2) is 47.4 Å². The van der Waals surface area contributed by atoms with Crippen molar-refractivity contribution in [3.8, 4) is 5.75 Å². The molecule has 1 aromatic carbocycles. The number of H-pyrrole nitrogens is 1. The van der Waals surface area contributed by atoms with E-state index in [1.807, 2.05) is 56.0 Å². The van der Waals surface area contributed by atoms with E-state index in [1.165, 1.54) is 0 Å². The number of nitrogens with one attached hydrogen (secondary N) is 1. The summed E-state index contributed by atoms with van der Waals surface area (Å²) in [7, 11) is 0. The molecule has 0 atom stereocenters. The van der Waals surface area contributed by atoms with Gasteiger partial charge in [0, 0.05) is 25.4 Å². The molecule has 1 fully saturated rings. The molecule has 0 saturated carbocycles. The van der Waals surface area contributed by atoms with Crippen LogP contribution in [0, 0.1) is 6.92 Å². The third-order valence-electron chi connectivity index (χ3n) is 4.96. The Hall–Kier alpha value is -2.56. The van der Waals surface area contributed by atoms with Gasteiger partial charge in [-0.15, -0.1) is 0 Å². The molecule has 138 valence electrons. The van der Waals surface area contributed by atoms with Crippen LogP contribution in [0.3, 0.4) is 0 Å². The number of carbonyl (C=O) groups excluding carboxylic acids is 1. The molecule has 5 nitrogen and oxygen atoms in total. The molecule has 1 N–H and O–H groups in total. The number of amides is 1. The molecule has 1 amide bonds. The summed E-state index contributed by atoms with van der Waals surface area (Å²) in [6.45, 7) is 7.01. The van der Waals surface area contributed by atoms with Crippen LogP contribution in [-0.2, 0) is 4.79 Å². The van der Waals surface area contributed by atoms with E-state index in [0.29, 0.717) is 24.8 Å². The Kier molecular flexibility index (Phi) is 5.16. The van der Waals surface area contributed by atoms with E-state index in [1.54, 1.807) is 12.3 Å². The molecule has 3 rings (SSSR count). The van der Waals surface area contributed by atoms with Gasteiger partial charge >= 0.3 is 0 Å². The van der Waals surface area contributed by atoms with E-state index in [9.17, 15) is 9.59 Å². The number of piperidine rings is 1. The van der Waals surface area contributed by atoms with Gasteiger partial charge < -0.3 is 14.6 Å². The molecule has 2 heterocycles. The van der Waals surface area contributed by atoms with Crippen LogP contribution >= 0.6 is 0 Å². The Labute approximate surface area is 154 Å². The molecule has 26 heavy (non-hydrogen) atoms. The van der Waals surface area contributed by atoms with Gasteiger partial charge in [-0.2, -0.15) is 0 Å². The van der Waals surface area contributed by atoms with Crippen LogP contribution in [0.2, 0.25) is 0 Å². The average Bonchev–Trinajstić information content (AvgIpc) is 2.63. The van der Waals surface area contributed by atoms with E-state index >= 15 is 0 Å². The molecule has 5 heteroatoms. The normalized spacial score (nSPS) is 15.7. The molecular formula is C21H26N2O3. The third-order valence-corrected chi connectivity index (χ3v) is 4.96. The minimum atomic E-state index is -0.911. The quantitative estimate of drug-likeness (QED) is 0.917. The summed E-state index contributed by atoms with van der Waals surface area (Å²) in [5, 5.41) is 0. The number of pyridine rings is 1. The maximum atomic E-state index is 12.9. The number of hydrogen-bond donors (Lipinski definition) is 1. The van der Waals surface area contributed by atoms with Crippen molar-refractivity contribution in [3.63, 3.8) is 0 Å². The average molecular weight is 354 g/mol. The zero-order chi connectivity index (χ0) is 18.7. The van der Waals surface area contributed by atoms with E-state index in [0.717, 1.165) is 24.0 Å². The van der Waals surface area contributed by atoms with E-state index < -0.39 is 5.60 Å². The fourth-order valence-corrected chi connectivity index (χ4v) is 3.46. The van der Waals surface area contributed by atoms with Gasteiger partial charge in [-0.1, -0.05) is 17.7 Å². The highest BCUT2D eigenvalue weighted by Gasteiger charge is 2.36. The highest BCUT2D eigenvalue weighted by atomic mass is 16.5. The van der Waals surface area contributed by atoms with Crippen LogP contribution in [0.1, 0.15) is 43.7 Å². The largest absolute Gasteiger partial charge is 0.478 e. The number of hydrogen-bond acceptors (Lipinski definition) is 3. The number of aryl methyl sites for hydroxylation is 1. The molecule has 0 aliphatic carbocycles. The summed E-state index contributed by atoms with van der Waals surface area (Å²) in [5.41, 5.74) is 1.22. The smallest absolute Gasteiger partial charge is 0.266 e. The SMILES string of the molecule is Cc1ccc(OC(C)(C)C(=O)N2CCC(c3cc[nH]c(=O)c3)CC2)cc1. The lowest BCUT2D eigenvalue weighted by atomic mass is 9.89. The summed E-state index contributed by atoms with van der Waals surface area (Å²) >= 11 is 0. The van der Waals surface area contributed by atoms with Crippen molar-refractivity contribution in [3.05, 3.63) is 64.1 Å². The van der Waals surface area contributed by atoms with Crippen molar-refractivity contribution in [2.45, 2.75) is 45.1 Å². The van der Waals surface area contributed by atoms with E-state index in [2.05, 4.69) is 4.98 Å². The first-order valence-corrected chi connectivity index (χ1v) is 9.09. The third kappa shape index (κ3) is 4.15. The minimum absolute atomic E-state index is 0.00225. The summed E-state index contributed by atoms with van der Waals surface area (Å²) in [5.74, 6) is 1.03. The maximum Gasteiger partial charge on any atom is 0.266 e. The lowest BCUT2D eigenvalue weighted by molar-refractivity contribution is -0.146. The lowest BCUT2D eigenvalue weighted by Crippen LogP contribution is -2.51.